The molecule has 0 aromatic carbocycles. The van der Waals surface area contributed by atoms with Crippen molar-refractivity contribution in [2.75, 3.05) is 0 Å². The van der Waals surface area contributed by atoms with Crippen molar-refractivity contribution in [2.45, 2.75) is 6.18 Å². The fourth-order valence-electron chi connectivity index (χ4n) is 0.233. The smallest absolute Gasteiger partial charge is 0.281 e. The highest BCUT2D eigenvalue weighted by Crippen LogP contribution is 2.28. The Balaban J connectivity index is 4.40. The molecular formula is C3HBF6. The average Bonchev–Trinajstić information content (AvgIpc) is 1.60. The summed E-state index contributed by atoms with van der Waals surface area (Å²) in [5.74, 6) is 0. The van der Waals surface area contributed by atoms with E-state index in [9.17, 15) is 26.2 Å². The second-order valence-corrected chi connectivity index (χ2v) is 1.36. The predicted octanol–water partition coefficient (Wildman–Crippen LogP) is 2.37. The van der Waals surface area contributed by atoms with E-state index in [-0.39, 0.29) is 0 Å². The number of allylic oxidation sites excluding steroid dienone is 1. The maximum absolute atomic E-state index is 11.2. The van der Waals surface area contributed by atoms with E-state index < -0.39 is 25.2 Å². The van der Waals surface area contributed by atoms with Crippen LogP contribution in [0.3, 0.4) is 0 Å². The van der Waals surface area contributed by atoms with Gasteiger partial charge in [0, 0.05) is 0 Å². The molecule has 0 rings (SSSR count). The van der Waals surface area contributed by atoms with Crippen molar-refractivity contribution < 1.29 is 26.2 Å². The van der Waals surface area contributed by atoms with Gasteiger partial charge in [-0.15, -0.1) is 0 Å². The van der Waals surface area contributed by atoms with Crippen molar-refractivity contribution in [1.82, 2.24) is 0 Å². The molecule has 0 aliphatic rings. The lowest BCUT2D eigenvalue weighted by atomic mass is 9.86. The van der Waals surface area contributed by atoms with E-state index in [0.717, 1.165) is 0 Å². The van der Waals surface area contributed by atoms with Gasteiger partial charge < -0.3 is 0 Å². The van der Waals surface area contributed by atoms with E-state index in [1.165, 1.54) is 0 Å². The summed E-state index contributed by atoms with van der Waals surface area (Å²) in [6.07, 6.45) is -6.41. The summed E-state index contributed by atoms with van der Waals surface area (Å²) in [5.41, 5.74) is -2.45. The summed E-state index contributed by atoms with van der Waals surface area (Å²) in [6.45, 7) is 0. The van der Waals surface area contributed by atoms with Crippen LogP contribution in [0.4, 0.5) is 26.2 Å². The van der Waals surface area contributed by atoms with Crippen LogP contribution in [0.5, 0.6) is 0 Å². The molecule has 58 valence electrons. The second-order valence-electron chi connectivity index (χ2n) is 1.36. The van der Waals surface area contributed by atoms with Crippen molar-refractivity contribution in [3.8, 4) is 0 Å². The van der Waals surface area contributed by atoms with Gasteiger partial charge in [0.25, 0.3) is 0 Å². The highest BCUT2D eigenvalue weighted by Gasteiger charge is 2.43. The van der Waals surface area contributed by atoms with Crippen LogP contribution in [0.25, 0.3) is 0 Å². The minimum absolute atomic E-state index is 1.13. The molecule has 0 saturated heterocycles. The Hall–Kier alpha value is -0.615. The molecule has 0 saturated carbocycles. The fourth-order valence-corrected chi connectivity index (χ4v) is 0.233. The number of hydrogen-bond acceptors (Lipinski definition) is 0. The highest BCUT2D eigenvalue weighted by molar-refractivity contribution is 6.52. The molecule has 0 aromatic rings. The van der Waals surface area contributed by atoms with E-state index >= 15 is 0 Å². The highest BCUT2D eigenvalue weighted by atomic mass is 19.4. The third-order valence-corrected chi connectivity index (χ3v) is 0.680. The summed E-state index contributed by atoms with van der Waals surface area (Å²) in [7, 11) is -3.81. The number of rotatable bonds is 1. The van der Waals surface area contributed by atoms with Gasteiger partial charge in [-0.3, -0.25) is 8.63 Å². The molecule has 0 aromatic heterocycles. The van der Waals surface area contributed by atoms with Crippen molar-refractivity contribution in [1.29, 1.82) is 0 Å². The Morgan fingerprint density at radius 1 is 1.20 bits per heavy atom. The van der Waals surface area contributed by atoms with Crippen LogP contribution in [-0.2, 0) is 0 Å². The first-order chi connectivity index (χ1) is 4.39. The van der Waals surface area contributed by atoms with Crippen molar-refractivity contribution in [2.24, 2.45) is 0 Å². The monoisotopic (exact) mass is 162 g/mol. The van der Waals surface area contributed by atoms with Crippen molar-refractivity contribution in [3.63, 3.8) is 0 Å². The van der Waals surface area contributed by atoms with Crippen LogP contribution in [0.2, 0.25) is 0 Å². The lowest BCUT2D eigenvalue weighted by molar-refractivity contribution is -0.0873. The minimum atomic E-state index is -5.27. The fraction of sp³-hybridized carbons (Fsp3) is 0.333. The van der Waals surface area contributed by atoms with Crippen molar-refractivity contribution in [3.05, 3.63) is 11.8 Å². The zero-order chi connectivity index (χ0) is 8.36. The van der Waals surface area contributed by atoms with Crippen LogP contribution in [0.1, 0.15) is 0 Å². The lowest BCUT2D eigenvalue weighted by Crippen LogP contribution is -2.20. The Kier molecular flexibility index (Phi) is 2.80. The average molecular weight is 162 g/mol. The Morgan fingerprint density at radius 2 is 1.60 bits per heavy atom. The topological polar surface area (TPSA) is 0 Å². The molecule has 0 spiro atoms. The maximum atomic E-state index is 11.2. The summed E-state index contributed by atoms with van der Waals surface area (Å²) in [5, 5.41) is 0. The van der Waals surface area contributed by atoms with Crippen LogP contribution >= 0.6 is 0 Å². The summed E-state index contributed by atoms with van der Waals surface area (Å²) in [4.78, 5) is 0. The molecule has 0 N–H and O–H groups in total. The summed E-state index contributed by atoms with van der Waals surface area (Å²) in [6, 6.07) is 0. The van der Waals surface area contributed by atoms with Gasteiger partial charge in [0.2, 0.25) is 0 Å². The summed E-state index contributed by atoms with van der Waals surface area (Å²) >= 11 is 0. The third-order valence-electron chi connectivity index (χ3n) is 0.680. The molecule has 10 heavy (non-hydrogen) atoms. The Bertz CT molecular complexity index is 134. The van der Waals surface area contributed by atoms with Gasteiger partial charge in [-0.1, -0.05) is 0 Å². The van der Waals surface area contributed by atoms with E-state index in [2.05, 4.69) is 0 Å². The Labute approximate surface area is 52.7 Å². The molecule has 0 bridgehead atoms. The standard InChI is InChI=1S/C3HBF6/c5-1-2(4(9)10)3(6,7)8/h1H. The first-order valence-electron chi connectivity index (χ1n) is 2.05. The van der Waals surface area contributed by atoms with Crippen LogP contribution in [-0.4, -0.2) is 13.4 Å². The van der Waals surface area contributed by atoms with Gasteiger partial charge in [0.15, 0.2) is 0 Å². The first kappa shape index (κ1) is 9.38. The molecule has 0 amide bonds. The van der Waals surface area contributed by atoms with Crippen LogP contribution < -0.4 is 0 Å². The van der Waals surface area contributed by atoms with Crippen LogP contribution in [0.15, 0.2) is 11.8 Å². The molecule has 0 heterocycles. The van der Waals surface area contributed by atoms with Gasteiger partial charge in [-0.05, 0) is 0 Å². The maximum Gasteiger partial charge on any atom is 0.579 e. The van der Waals surface area contributed by atoms with E-state index in [1.807, 2.05) is 0 Å². The normalized spacial score (nSPS) is 13.6. The Morgan fingerprint density at radius 3 is 1.60 bits per heavy atom. The molecule has 0 nitrogen and oxygen atoms in total. The van der Waals surface area contributed by atoms with Gasteiger partial charge >= 0.3 is 13.4 Å². The molecule has 0 unspecified atom stereocenters. The number of hydrogen-bond donors (Lipinski definition) is 0. The lowest BCUT2D eigenvalue weighted by Gasteiger charge is -2.04. The van der Waals surface area contributed by atoms with E-state index in [0.29, 0.717) is 0 Å². The molecule has 0 aliphatic carbocycles. The second kappa shape index (κ2) is 2.98. The SMILES string of the molecule is FC=C(B(F)F)C(F)(F)F. The van der Waals surface area contributed by atoms with Gasteiger partial charge in [-0.25, -0.2) is 4.39 Å². The molecule has 7 heteroatoms. The molecule has 0 aliphatic heterocycles. The number of alkyl halides is 3. The van der Waals surface area contributed by atoms with Gasteiger partial charge in [-0.2, -0.15) is 13.2 Å². The molecule has 0 atom stereocenters. The van der Waals surface area contributed by atoms with E-state index in [1.54, 1.807) is 0 Å². The molecular weight excluding hydrogens is 161 g/mol. The molecule has 0 radical (unpaired) electrons. The van der Waals surface area contributed by atoms with Gasteiger partial charge in [0.1, 0.15) is 5.47 Å². The minimum Gasteiger partial charge on any atom is -0.281 e. The zero-order valence-corrected chi connectivity index (χ0v) is 4.42. The predicted molar refractivity (Wildman–Crippen MR) is 23.2 cm³/mol. The van der Waals surface area contributed by atoms with E-state index in [4.69, 9.17) is 0 Å². The summed E-state index contributed by atoms with van der Waals surface area (Å²) < 4.78 is 66.9. The quantitative estimate of drug-likeness (QED) is 0.410. The van der Waals surface area contributed by atoms with Crippen LogP contribution in [0, 0.1) is 0 Å². The number of halogens is 6. The zero-order valence-electron chi connectivity index (χ0n) is 4.42. The first-order valence-corrected chi connectivity index (χ1v) is 2.05. The molecule has 0 fully saturated rings. The van der Waals surface area contributed by atoms with Gasteiger partial charge in [0.05, 0.1) is 6.33 Å². The largest absolute Gasteiger partial charge is 0.579 e. The van der Waals surface area contributed by atoms with Crippen molar-refractivity contribution >= 4 is 7.27 Å². The third kappa shape index (κ3) is 2.32.